The standard InChI is InChI=1S/C26H25N3O5/c1-31-22-13-8-18(16-23(22)32-2)14-15-27-24(30)17-33-21-11-9-20(10-12-21)26-29-28-25(34-26)19-6-4-3-5-7-19/h3-13,16H,14-15,17H2,1-2H3,(H,27,30). The molecule has 0 atom stereocenters. The van der Waals surface area contributed by atoms with Gasteiger partial charge in [-0.3, -0.25) is 4.79 Å². The van der Waals surface area contributed by atoms with E-state index in [9.17, 15) is 4.79 Å². The Morgan fingerprint density at radius 1 is 0.853 bits per heavy atom. The number of methoxy groups -OCH3 is 2. The molecule has 4 rings (SSSR count). The molecule has 8 heteroatoms. The van der Waals surface area contributed by atoms with E-state index in [-0.39, 0.29) is 12.5 Å². The number of aromatic nitrogens is 2. The smallest absolute Gasteiger partial charge is 0.257 e. The molecule has 1 N–H and O–H groups in total. The summed E-state index contributed by atoms with van der Waals surface area (Å²) in [5.41, 5.74) is 2.66. The number of carbonyl (C=O) groups is 1. The van der Waals surface area contributed by atoms with Gasteiger partial charge in [-0.25, -0.2) is 0 Å². The number of carbonyl (C=O) groups excluding carboxylic acids is 1. The van der Waals surface area contributed by atoms with Crippen LogP contribution >= 0.6 is 0 Å². The number of hydrogen-bond donors (Lipinski definition) is 1. The number of nitrogens with zero attached hydrogens (tertiary/aromatic N) is 2. The Bertz CT molecular complexity index is 1220. The van der Waals surface area contributed by atoms with Gasteiger partial charge in [0, 0.05) is 17.7 Å². The summed E-state index contributed by atoms with van der Waals surface area (Å²) in [5.74, 6) is 2.58. The maximum Gasteiger partial charge on any atom is 0.257 e. The van der Waals surface area contributed by atoms with Crippen molar-refractivity contribution in [1.82, 2.24) is 15.5 Å². The van der Waals surface area contributed by atoms with Crippen LogP contribution in [-0.4, -0.2) is 43.5 Å². The molecule has 0 bridgehead atoms. The molecule has 1 heterocycles. The minimum absolute atomic E-state index is 0.0794. The van der Waals surface area contributed by atoms with E-state index in [1.165, 1.54) is 0 Å². The summed E-state index contributed by atoms with van der Waals surface area (Å²) < 4.78 is 21.9. The molecule has 0 radical (unpaired) electrons. The Hall–Kier alpha value is -4.33. The minimum atomic E-state index is -0.200. The van der Waals surface area contributed by atoms with Gasteiger partial charge in [0.25, 0.3) is 5.91 Å². The molecule has 1 amide bonds. The van der Waals surface area contributed by atoms with Gasteiger partial charge in [0.1, 0.15) is 5.75 Å². The second-order valence-electron chi connectivity index (χ2n) is 7.38. The van der Waals surface area contributed by atoms with Crippen LogP contribution < -0.4 is 19.5 Å². The first-order valence-electron chi connectivity index (χ1n) is 10.8. The first-order valence-corrected chi connectivity index (χ1v) is 10.8. The lowest BCUT2D eigenvalue weighted by atomic mass is 10.1. The van der Waals surface area contributed by atoms with Crippen LogP contribution in [0.4, 0.5) is 0 Å². The van der Waals surface area contributed by atoms with Crippen molar-refractivity contribution in [2.45, 2.75) is 6.42 Å². The molecule has 0 aliphatic heterocycles. The summed E-state index contributed by atoms with van der Waals surface area (Å²) >= 11 is 0. The Balaban J connectivity index is 1.24. The molecule has 1 aromatic heterocycles. The highest BCUT2D eigenvalue weighted by Crippen LogP contribution is 2.28. The van der Waals surface area contributed by atoms with Crippen molar-refractivity contribution in [3.8, 4) is 40.2 Å². The molecule has 8 nitrogen and oxygen atoms in total. The summed E-state index contributed by atoms with van der Waals surface area (Å²) in [6.45, 7) is 0.404. The van der Waals surface area contributed by atoms with Gasteiger partial charge in [-0.15, -0.1) is 10.2 Å². The van der Waals surface area contributed by atoms with Crippen LogP contribution in [0.25, 0.3) is 22.9 Å². The topological polar surface area (TPSA) is 95.7 Å². The van der Waals surface area contributed by atoms with Crippen LogP contribution in [-0.2, 0) is 11.2 Å². The van der Waals surface area contributed by atoms with Crippen LogP contribution in [0.1, 0.15) is 5.56 Å². The van der Waals surface area contributed by atoms with Gasteiger partial charge in [0.05, 0.1) is 14.2 Å². The van der Waals surface area contributed by atoms with Crippen molar-refractivity contribution in [3.05, 3.63) is 78.4 Å². The first-order chi connectivity index (χ1) is 16.7. The maximum atomic E-state index is 12.1. The van der Waals surface area contributed by atoms with E-state index in [1.807, 2.05) is 60.7 Å². The predicted molar refractivity (Wildman–Crippen MR) is 127 cm³/mol. The fraction of sp³-hybridized carbons (Fsp3) is 0.192. The zero-order valence-corrected chi connectivity index (χ0v) is 19.0. The summed E-state index contributed by atoms with van der Waals surface area (Å²) in [6.07, 6.45) is 0.663. The molecular formula is C26H25N3O5. The van der Waals surface area contributed by atoms with Crippen molar-refractivity contribution >= 4 is 5.91 Å². The van der Waals surface area contributed by atoms with Gasteiger partial charge in [-0.2, -0.15) is 0 Å². The number of hydrogen-bond acceptors (Lipinski definition) is 7. The second-order valence-corrected chi connectivity index (χ2v) is 7.38. The lowest BCUT2D eigenvalue weighted by Crippen LogP contribution is -2.30. The van der Waals surface area contributed by atoms with Crippen molar-refractivity contribution in [2.75, 3.05) is 27.4 Å². The van der Waals surface area contributed by atoms with Crippen molar-refractivity contribution in [2.24, 2.45) is 0 Å². The molecule has 174 valence electrons. The molecule has 3 aromatic carbocycles. The van der Waals surface area contributed by atoms with Crippen molar-refractivity contribution in [3.63, 3.8) is 0 Å². The third-order valence-electron chi connectivity index (χ3n) is 5.10. The monoisotopic (exact) mass is 459 g/mol. The third-order valence-corrected chi connectivity index (χ3v) is 5.10. The molecule has 0 aliphatic rings. The fourth-order valence-electron chi connectivity index (χ4n) is 3.31. The van der Waals surface area contributed by atoms with Crippen LogP contribution in [0.3, 0.4) is 0 Å². The van der Waals surface area contributed by atoms with Crippen LogP contribution in [0.15, 0.2) is 77.2 Å². The zero-order chi connectivity index (χ0) is 23.8. The van der Waals surface area contributed by atoms with Gasteiger partial charge >= 0.3 is 0 Å². The molecule has 34 heavy (non-hydrogen) atoms. The average Bonchev–Trinajstić information content (AvgIpc) is 3.38. The summed E-state index contributed by atoms with van der Waals surface area (Å²) in [4.78, 5) is 12.1. The Labute approximate surface area is 197 Å². The highest BCUT2D eigenvalue weighted by atomic mass is 16.5. The van der Waals surface area contributed by atoms with E-state index >= 15 is 0 Å². The average molecular weight is 460 g/mol. The lowest BCUT2D eigenvalue weighted by molar-refractivity contribution is -0.123. The van der Waals surface area contributed by atoms with Gasteiger partial charge in [-0.1, -0.05) is 24.3 Å². The lowest BCUT2D eigenvalue weighted by Gasteiger charge is -2.10. The second kappa shape index (κ2) is 11.0. The number of nitrogens with one attached hydrogen (secondary N) is 1. The van der Waals surface area contributed by atoms with Gasteiger partial charge in [0.15, 0.2) is 18.1 Å². The van der Waals surface area contributed by atoms with Gasteiger partial charge in [0.2, 0.25) is 11.8 Å². The minimum Gasteiger partial charge on any atom is -0.493 e. The van der Waals surface area contributed by atoms with Crippen LogP contribution in [0.5, 0.6) is 17.2 Å². The van der Waals surface area contributed by atoms with Gasteiger partial charge < -0.3 is 23.9 Å². The number of ether oxygens (including phenoxy) is 3. The van der Waals surface area contributed by atoms with E-state index in [2.05, 4.69) is 15.5 Å². The highest BCUT2D eigenvalue weighted by molar-refractivity contribution is 5.77. The Kier molecular flexibility index (Phi) is 7.39. The van der Waals surface area contributed by atoms with E-state index in [0.29, 0.717) is 42.0 Å². The van der Waals surface area contributed by atoms with Gasteiger partial charge in [-0.05, 0) is 60.5 Å². The fourth-order valence-corrected chi connectivity index (χ4v) is 3.31. The molecule has 0 saturated carbocycles. The number of amides is 1. The number of rotatable bonds is 10. The third kappa shape index (κ3) is 5.72. The van der Waals surface area contributed by atoms with E-state index in [4.69, 9.17) is 18.6 Å². The summed E-state index contributed by atoms with van der Waals surface area (Å²) in [7, 11) is 3.19. The van der Waals surface area contributed by atoms with Crippen LogP contribution in [0, 0.1) is 0 Å². The SMILES string of the molecule is COc1ccc(CCNC(=O)COc2ccc(-c3nnc(-c4ccccc4)o3)cc2)cc1OC. The van der Waals surface area contributed by atoms with Crippen molar-refractivity contribution in [1.29, 1.82) is 0 Å². The molecule has 0 fully saturated rings. The molecule has 4 aromatic rings. The molecule has 0 spiro atoms. The molecular weight excluding hydrogens is 434 g/mol. The molecule has 0 unspecified atom stereocenters. The summed E-state index contributed by atoms with van der Waals surface area (Å²) in [5, 5.41) is 11.1. The van der Waals surface area contributed by atoms with E-state index in [1.54, 1.807) is 26.4 Å². The first kappa shape index (κ1) is 22.8. The molecule has 0 saturated heterocycles. The Morgan fingerprint density at radius 2 is 1.53 bits per heavy atom. The Morgan fingerprint density at radius 3 is 2.21 bits per heavy atom. The predicted octanol–water partition coefficient (Wildman–Crippen LogP) is 4.16. The van der Waals surface area contributed by atoms with Crippen molar-refractivity contribution < 1.29 is 23.4 Å². The number of benzene rings is 3. The zero-order valence-electron chi connectivity index (χ0n) is 19.0. The van der Waals surface area contributed by atoms with E-state index in [0.717, 1.165) is 16.7 Å². The highest BCUT2D eigenvalue weighted by Gasteiger charge is 2.11. The maximum absolute atomic E-state index is 12.1. The normalized spacial score (nSPS) is 10.5. The quantitative estimate of drug-likeness (QED) is 0.380. The molecule has 0 aliphatic carbocycles. The summed E-state index contributed by atoms with van der Waals surface area (Å²) in [6, 6.07) is 22.4. The largest absolute Gasteiger partial charge is 0.493 e. The van der Waals surface area contributed by atoms with Crippen LogP contribution in [0.2, 0.25) is 0 Å². The van der Waals surface area contributed by atoms with E-state index < -0.39 is 0 Å².